The third-order valence-electron chi connectivity index (χ3n) is 3.23. The zero-order valence-electron chi connectivity index (χ0n) is 10.6. The highest BCUT2D eigenvalue weighted by Gasteiger charge is 2.14. The van der Waals surface area contributed by atoms with Crippen LogP contribution in [0.1, 0.15) is 18.4 Å². The molecule has 0 bridgehead atoms. The second-order valence-corrected chi connectivity index (χ2v) is 4.65. The van der Waals surface area contributed by atoms with Crippen molar-refractivity contribution in [3.8, 4) is 5.75 Å². The normalized spacial score (nSPS) is 16.3. The lowest BCUT2D eigenvalue weighted by atomic mass is 10.1. The Balaban J connectivity index is 1.83. The third kappa shape index (κ3) is 3.74. The molecule has 1 heterocycles. The van der Waals surface area contributed by atoms with Crippen molar-refractivity contribution in [2.45, 2.75) is 19.3 Å². The van der Waals surface area contributed by atoms with Gasteiger partial charge < -0.3 is 15.3 Å². The predicted molar refractivity (Wildman–Crippen MR) is 70.5 cm³/mol. The third-order valence-corrected chi connectivity index (χ3v) is 3.23. The molecule has 2 N–H and O–H groups in total. The molecule has 2 rings (SSSR count). The lowest BCUT2D eigenvalue weighted by molar-refractivity contribution is -0.130. The monoisotopic (exact) mass is 248 g/mol. The Kier molecular flexibility index (Phi) is 4.59. The molecule has 0 unspecified atom stereocenters. The summed E-state index contributed by atoms with van der Waals surface area (Å²) in [5.41, 5.74) is 1.01. The summed E-state index contributed by atoms with van der Waals surface area (Å²) < 4.78 is 0. The van der Waals surface area contributed by atoms with E-state index < -0.39 is 0 Å². The van der Waals surface area contributed by atoms with Crippen LogP contribution >= 0.6 is 0 Å². The van der Waals surface area contributed by atoms with Crippen molar-refractivity contribution in [2.24, 2.45) is 0 Å². The zero-order valence-corrected chi connectivity index (χ0v) is 10.6. The second-order valence-electron chi connectivity index (χ2n) is 4.65. The molecule has 1 aromatic rings. The van der Waals surface area contributed by atoms with Crippen LogP contribution in [0.5, 0.6) is 5.75 Å². The Morgan fingerprint density at radius 2 is 2.22 bits per heavy atom. The SMILES string of the molecule is O=C(CCc1cccc(O)c1)N1CCCNCC1. The summed E-state index contributed by atoms with van der Waals surface area (Å²) in [6.45, 7) is 3.54. The van der Waals surface area contributed by atoms with E-state index in [4.69, 9.17) is 0 Å². The molecule has 0 atom stereocenters. The van der Waals surface area contributed by atoms with Gasteiger partial charge in [0.1, 0.15) is 5.75 Å². The maximum atomic E-state index is 12.0. The number of benzene rings is 1. The van der Waals surface area contributed by atoms with E-state index in [1.165, 1.54) is 0 Å². The van der Waals surface area contributed by atoms with E-state index in [1.807, 2.05) is 17.0 Å². The topological polar surface area (TPSA) is 52.6 Å². The second kappa shape index (κ2) is 6.40. The maximum absolute atomic E-state index is 12.0. The van der Waals surface area contributed by atoms with Gasteiger partial charge in [-0.05, 0) is 37.1 Å². The van der Waals surface area contributed by atoms with Crippen LogP contribution < -0.4 is 5.32 Å². The molecule has 1 aliphatic rings. The predicted octanol–water partition coefficient (Wildman–Crippen LogP) is 1.15. The van der Waals surface area contributed by atoms with Gasteiger partial charge in [-0.1, -0.05) is 12.1 Å². The molecule has 1 saturated heterocycles. The van der Waals surface area contributed by atoms with E-state index in [1.54, 1.807) is 12.1 Å². The number of nitrogens with one attached hydrogen (secondary N) is 1. The fraction of sp³-hybridized carbons (Fsp3) is 0.500. The zero-order chi connectivity index (χ0) is 12.8. The molecule has 0 radical (unpaired) electrons. The van der Waals surface area contributed by atoms with Crippen molar-refractivity contribution in [1.29, 1.82) is 0 Å². The molecule has 1 fully saturated rings. The van der Waals surface area contributed by atoms with Gasteiger partial charge in [0, 0.05) is 26.1 Å². The molecule has 1 aliphatic heterocycles. The van der Waals surface area contributed by atoms with Crippen molar-refractivity contribution in [1.82, 2.24) is 10.2 Å². The number of nitrogens with zero attached hydrogens (tertiary/aromatic N) is 1. The van der Waals surface area contributed by atoms with Crippen LogP contribution in [-0.2, 0) is 11.2 Å². The van der Waals surface area contributed by atoms with Crippen molar-refractivity contribution in [3.05, 3.63) is 29.8 Å². The number of phenolic OH excluding ortho intramolecular Hbond substituents is 1. The fourth-order valence-electron chi connectivity index (χ4n) is 2.22. The highest BCUT2D eigenvalue weighted by molar-refractivity contribution is 5.76. The number of hydrogen-bond donors (Lipinski definition) is 2. The minimum absolute atomic E-state index is 0.210. The first-order chi connectivity index (χ1) is 8.75. The summed E-state index contributed by atoms with van der Waals surface area (Å²) in [5.74, 6) is 0.473. The van der Waals surface area contributed by atoms with Crippen molar-refractivity contribution < 1.29 is 9.90 Å². The first-order valence-electron chi connectivity index (χ1n) is 6.52. The fourth-order valence-corrected chi connectivity index (χ4v) is 2.22. The molecule has 18 heavy (non-hydrogen) atoms. The number of hydrogen-bond acceptors (Lipinski definition) is 3. The first-order valence-corrected chi connectivity index (χ1v) is 6.52. The summed E-state index contributed by atoms with van der Waals surface area (Å²) in [7, 11) is 0. The van der Waals surface area contributed by atoms with Crippen LogP contribution in [0.4, 0.5) is 0 Å². The minimum Gasteiger partial charge on any atom is -0.508 e. The van der Waals surface area contributed by atoms with Crippen LogP contribution in [0.3, 0.4) is 0 Å². The number of aromatic hydroxyl groups is 1. The number of phenols is 1. The van der Waals surface area contributed by atoms with Crippen LogP contribution in [0.2, 0.25) is 0 Å². The lowest BCUT2D eigenvalue weighted by Gasteiger charge is -2.19. The van der Waals surface area contributed by atoms with E-state index in [2.05, 4.69) is 5.32 Å². The van der Waals surface area contributed by atoms with Gasteiger partial charge in [-0.2, -0.15) is 0 Å². The van der Waals surface area contributed by atoms with Gasteiger partial charge in [0.05, 0.1) is 0 Å². The van der Waals surface area contributed by atoms with E-state index in [9.17, 15) is 9.90 Å². The van der Waals surface area contributed by atoms with Gasteiger partial charge in [-0.15, -0.1) is 0 Å². The molecule has 0 spiro atoms. The van der Waals surface area contributed by atoms with Gasteiger partial charge in [0.25, 0.3) is 0 Å². The Morgan fingerprint density at radius 1 is 1.33 bits per heavy atom. The summed E-state index contributed by atoms with van der Waals surface area (Å²) in [5, 5.41) is 12.6. The van der Waals surface area contributed by atoms with Crippen LogP contribution in [0.25, 0.3) is 0 Å². The van der Waals surface area contributed by atoms with Gasteiger partial charge in [-0.3, -0.25) is 4.79 Å². The standard InChI is InChI=1S/C14H20N2O2/c17-13-4-1-3-12(11-13)5-6-14(18)16-9-2-7-15-8-10-16/h1,3-4,11,15,17H,2,5-10H2. The van der Waals surface area contributed by atoms with E-state index in [0.29, 0.717) is 12.8 Å². The molecule has 4 nitrogen and oxygen atoms in total. The molecule has 98 valence electrons. The Hall–Kier alpha value is -1.55. The maximum Gasteiger partial charge on any atom is 0.222 e. The lowest BCUT2D eigenvalue weighted by Crippen LogP contribution is -2.34. The molecular weight excluding hydrogens is 228 g/mol. The quantitative estimate of drug-likeness (QED) is 0.843. The molecule has 0 saturated carbocycles. The Labute approximate surface area is 108 Å². The van der Waals surface area contributed by atoms with E-state index in [0.717, 1.165) is 38.2 Å². The number of amides is 1. The highest BCUT2D eigenvalue weighted by Crippen LogP contribution is 2.13. The molecule has 0 aromatic heterocycles. The van der Waals surface area contributed by atoms with E-state index in [-0.39, 0.29) is 11.7 Å². The summed E-state index contributed by atoms with van der Waals surface area (Å²) >= 11 is 0. The minimum atomic E-state index is 0.210. The number of aryl methyl sites for hydroxylation is 1. The first kappa shape index (κ1) is 12.9. The largest absolute Gasteiger partial charge is 0.508 e. The van der Waals surface area contributed by atoms with Gasteiger partial charge in [0.2, 0.25) is 5.91 Å². The van der Waals surface area contributed by atoms with Gasteiger partial charge in [0.15, 0.2) is 0 Å². The average Bonchev–Trinajstić information content (AvgIpc) is 2.65. The molecule has 1 aromatic carbocycles. The van der Waals surface area contributed by atoms with Crippen molar-refractivity contribution in [2.75, 3.05) is 26.2 Å². The summed E-state index contributed by atoms with van der Waals surface area (Å²) in [6.07, 6.45) is 2.23. The van der Waals surface area contributed by atoms with Gasteiger partial charge in [-0.25, -0.2) is 0 Å². The van der Waals surface area contributed by atoms with Crippen molar-refractivity contribution in [3.63, 3.8) is 0 Å². The Bertz CT molecular complexity index is 399. The van der Waals surface area contributed by atoms with E-state index >= 15 is 0 Å². The Morgan fingerprint density at radius 3 is 3.06 bits per heavy atom. The number of rotatable bonds is 3. The van der Waals surface area contributed by atoms with Crippen molar-refractivity contribution >= 4 is 5.91 Å². The summed E-state index contributed by atoms with van der Waals surface area (Å²) in [4.78, 5) is 14.0. The average molecular weight is 248 g/mol. The highest BCUT2D eigenvalue weighted by atomic mass is 16.3. The van der Waals surface area contributed by atoms with Gasteiger partial charge >= 0.3 is 0 Å². The molecule has 4 heteroatoms. The molecule has 1 amide bonds. The number of carbonyl (C=O) groups excluding carboxylic acids is 1. The number of carbonyl (C=O) groups is 1. The smallest absolute Gasteiger partial charge is 0.222 e. The molecule has 0 aliphatic carbocycles. The van der Waals surface area contributed by atoms with Crippen LogP contribution in [-0.4, -0.2) is 42.1 Å². The molecular formula is C14H20N2O2. The van der Waals surface area contributed by atoms with Crippen LogP contribution in [0.15, 0.2) is 24.3 Å². The summed E-state index contributed by atoms with van der Waals surface area (Å²) in [6, 6.07) is 7.12. The van der Waals surface area contributed by atoms with Crippen LogP contribution in [0, 0.1) is 0 Å².